The summed E-state index contributed by atoms with van der Waals surface area (Å²) in [4.78, 5) is 18.9. The van der Waals surface area contributed by atoms with E-state index in [1.807, 2.05) is 0 Å². The SMILES string of the molecule is CNC=O.CO/N=C(/C)c1cccc(C)c1CO/N=C(/c1cccc(C(F)(F)F)c1)C(F)F. The summed E-state index contributed by atoms with van der Waals surface area (Å²) in [6.07, 6.45) is -7.15. The smallest absolute Gasteiger partial charge is 0.399 e. The van der Waals surface area contributed by atoms with E-state index in [-0.39, 0.29) is 12.2 Å². The molecule has 1 amide bonds. The molecule has 180 valence electrons. The standard InChI is InChI=1S/C20H19F5N2O2.C2H5NO/c1-12-6-4-9-16(13(2)26-28-3)17(12)11-29-27-18(19(21)22)14-7-5-8-15(10-14)20(23,24)25;1-3-2-4/h4-10,19H,11H2,1-3H3;2H,1H3,(H,3,4)/b26-13-,27-18-;. The lowest BCUT2D eigenvalue weighted by molar-refractivity contribution is -0.137. The highest BCUT2D eigenvalue weighted by atomic mass is 19.4. The number of alkyl halides is 5. The minimum Gasteiger partial charge on any atom is -0.399 e. The fourth-order valence-corrected chi connectivity index (χ4v) is 2.66. The number of carbonyl (C=O) groups excluding carboxylic acids is 1. The van der Waals surface area contributed by atoms with Crippen LogP contribution in [0.25, 0.3) is 0 Å². The van der Waals surface area contributed by atoms with Gasteiger partial charge in [0.25, 0.3) is 6.43 Å². The molecular weight excluding hydrogens is 449 g/mol. The fraction of sp³-hybridized carbons (Fsp3) is 0.318. The Balaban J connectivity index is 0.00000125. The molecule has 0 saturated heterocycles. The van der Waals surface area contributed by atoms with E-state index in [1.54, 1.807) is 39.1 Å². The maximum absolute atomic E-state index is 13.4. The van der Waals surface area contributed by atoms with Crippen LogP contribution in [0.2, 0.25) is 0 Å². The summed E-state index contributed by atoms with van der Waals surface area (Å²) in [6.45, 7) is 3.33. The highest BCUT2D eigenvalue weighted by Gasteiger charge is 2.31. The second kappa shape index (κ2) is 13.1. The summed E-state index contributed by atoms with van der Waals surface area (Å²) in [7, 11) is 2.96. The molecule has 2 aromatic carbocycles. The van der Waals surface area contributed by atoms with Gasteiger partial charge >= 0.3 is 6.18 Å². The Morgan fingerprint density at radius 2 is 1.79 bits per heavy atom. The highest BCUT2D eigenvalue weighted by Crippen LogP contribution is 2.30. The Morgan fingerprint density at radius 3 is 2.33 bits per heavy atom. The molecule has 0 unspecified atom stereocenters. The van der Waals surface area contributed by atoms with Crippen LogP contribution < -0.4 is 5.32 Å². The van der Waals surface area contributed by atoms with E-state index < -0.39 is 23.9 Å². The average Bonchev–Trinajstić information content (AvgIpc) is 2.77. The van der Waals surface area contributed by atoms with Crippen molar-refractivity contribution < 1.29 is 36.4 Å². The quantitative estimate of drug-likeness (QED) is 0.256. The molecule has 0 fully saturated rings. The van der Waals surface area contributed by atoms with Gasteiger partial charge in [0.05, 0.1) is 11.3 Å². The van der Waals surface area contributed by atoms with Crippen molar-refractivity contribution in [2.75, 3.05) is 14.2 Å². The van der Waals surface area contributed by atoms with Crippen molar-refractivity contribution in [1.82, 2.24) is 5.32 Å². The van der Waals surface area contributed by atoms with Crippen molar-refractivity contribution in [1.29, 1.82) is 0 Å². The van der Waals surface area contributed by atoms with Crippen molar-refractivity contribution in [2.45, 2.75) is 33.1 Å². The second-order valence-electron chi connectivity index (χ2n) is 6.50. The maximum atomic E-state index is 13.4. The molecule has 0 aliphatic heterocycles. The molecule has 0 atom stereocenters. The van der Waals surface area contributed by atoms with Gasteiger partial charge in [0.15, 0.2) is 5.71 Å². The number of oxime groups is 2. The van der Waals surface area contributed by atoms with E-state index in [0.29, 0.717) is 29.3 Å². The molecule has 0 aliphatic rings. The predicted molar refractivity (Wildman–Crippen MR) is 114 cm³/mol. The molecule has 2 rings (SSSR count). The molecule has 6 nitrogen and oxygen atoms in total. The normalized spacial score (nSPS) is 12.1. The number of halogens is 5. The van der Waals surface area contributed by atoms with Crippen molar-refractivity contribution >= 4 is 17.8 Å². The Hall–Kier alpha value is -3.50. The van der Waals surface area contributed by atoms with Crippen LogP contribution in [0, 0.1) is 6.92 Å². The Labute approximate surface area is 188 Å². The molecule has 0 aliphatic carbocycles. The van der Waals surface area contributed by atoms with Crippen LogP contribution in [-0.2, 0) is 27.3 Å². The monoisotopic (exact) mass is 473 g/mol. The number of hydrogen-bond acceptors (Lipinski definition) is 5. The lowest BCUT2D eigenvalue weighted by Crippen LogP contribution is -2.15. The fourth-order valence-electron chi connectivity index (χ4n) is 2.66. The minimum atomic E-state index is -4.65. The summed E-state index contributed by atoms with van der Waals surface area (Å²) < 4.78 is 65.4. The zero-order valence-electron chi connectivity index (χ0n) is 18.4. The molecule has 11 heteroatoms. The lowest BCUT2D eigenvalue weighted by Gasteiger charge is -2.13. The van der Waals surface area contributed by atoms with Gasteiger partial charge in [0.1, 0.15) is 13.7 Å². The van der Waals surface area contributed by atoms with Gasteiger partial charge in [-0.05, 0) is 31.5 Å². The summed E-state index contributed by atoms with van der Waals surface area (Å²) >= 11 is 0. The number of carbonyl (C=O) groups is 1. The van der Waals surface area contributed by atoms with Crippen molar-refractivity contribution in [2.24, 2.45) is 10.3 Å². The van der Waals surface area contributed by atoms with Gasteiger partial charge in [-0.25, -0.2) is 8.78 Å². The number of rotatable bonds is 8. The molecule has 0 heterocycles. The van der Waals surface area contributed by atoms with E-state index in [0.717, 1.165) is 23.8 Å². The van der Waals surface area contributed by atoms with Gasteiger partial charge in [-0.2, -0.15) is 13.2 Å². The first kappa shape index (κ1) is 27.5. The van der Waals surface area contributed by atoms with Gasteiger partial charge < -0.3 is 15.0 Å². The topological polar surface area (TPSA) is 72.3 Å². The van der Waals surface area contributed by atoms with Crippen molar-refractivity contribution in [3.05, 3.63) is 70.3 Å². The van der Waals surface area contributed by atoms with Gasteiger partial charge in [-0.3, -0.25) is 4.79 Å². The largest absolute Gasteiger partial charge is 0.416 e. The number of nitrogens with one attached hydrogen (secondary N) is 1. The molecule has 0 radical (unpaired) electrons. The Kier molecular flexibility index (Phi) is 11.0. The minimum absolute atomic E-state index is 0.173. The summed E-state index contributed by atoms with van der Waals surface area (Å²) in [5, 5.41) is 9.52. The van der Waals surface area contributed by atoms with Gasteiger partial charge in [0, 0.05) is 23.7 Å². The number of nitrogens with zero attached hydrogens (tertiary/aromatic N) is 2. The Bertz CT molecular complexity index is 976. The van der Waals surface area contributed by atoms with Crippen LogP contribution in [-0.4, -0.2) is 38.4 Å². The van der Waals surface area contributed by atoms with Gasteiger partial charge in [0.2, 0.25) is 6.41 Å². The third kappa shape index (κ3) is 8.51. The predicted octanol–water partition coefficient (Wildman–Crippen LogP) is 4.93. The van der Waals surface area contributed by atoms with Crippen molar-refractivity contribution in [3.8, 4) is 0 Å². The lowest BCUT2D eigenvalue weighted by atomic mass is 10.00. The molecule has 1 N–H and O–H groups in total. The number of amides is 1. The second-order valence-corrected chi connectivity index (χ2v) is 6.50. The van der Waals surface area contributed by atoms with Gasteiger partial charge in [-0.1, -0.05) is 40.6 Å². The van der Waals surface area contributed by atoms with E-state index in [2.05, 4.69) is 15.6 Å². The molecule has 2 aromatic rings. The zero-order chi connectivity index (χ0) is 25.0. The molecule has 0 bridgehead atoms. The first-order valence-electron chi connectivity index (χ1n) is 9.49. The molecule has 0 saturated carbocycles. The van der Waals surface area contributed by atoms with E-state index >= 15 is 0 Å². The van der Waals surface area contributed by atoms with E-state index in [1.165, 1.54) is 7.11 Å². The summed E-state index contributed by atoms with van der Waals surface area (Å²) in [5.41, 5.74) is 0.389. The number of hydrogen-bond donors (Lipinski definition) is 1. The molecule has 33 heavy (non-hydrogen) atoms. The van der Waals surface area contributed by atoms with E-state index in [4.69, 9.17) is 14.5 Å². The first-order chi connectivity index (χ1) is 15.6. The Morgan fingerprint density at radius 1 is 1.15 bits per heavy atom. The summed E-state index contributed by atoms with van der Waals surface area (Å²) in [5.74, 6) is 0. The summed E-state index contributed by atoms with van der Waals surface area (Å²) in [6, 6.07) is 8.92. The molecule has 0 aromatic heterocycles. The van der Waals surface area contributed by atoms with Crippen LogP contribution in [0.4, 0.5) is 22.0 Å². The van der Waals surface area contributed by atoms with Crippen LogP contribution in [0.5, 0.6) is 0 Å². The number of aryl methyl sites for hydroxylation is 1. The van der Waals surface area contributed by atoms with Crippen LogP contribution in [0.1, 0.15) is 34.7 Å². The third-order valence-corrected chi connectivity index (χ3v) is 4.21. The molecule has 0 spiro atoms. The van der Waals surface area contributed by atoms with Crippen molar-refractivity contribution in [3.63, 3.8) is 0 Å². The third-order valence-electron chi connectivity index (χ3n) is 4.21. The molecular formula is C22H24F5N3O3. The number of benzene rings is 2. The van der Waals surface area contributed by atoms with Crippen LogP contribution in [0.3, 0.4) is 0 Å². The zero-order valence-corrected chi connectivity index (χ0v) is 18.4. The van der Waals surface area contributed by atoms with E-state index in [9.17, 15) is 22.0 Å². The first-order valence-corrected chi connectivity index (χ1v) is 9.49. The highest BCUT2D eigenvalue weighted by molar-refractivity contribution is 6.02. The average molecular weight is 473 g/mol. The maximum Gasteiger partial charge on any atom is 0.416 e. The van der Waals surface area contributed by atoms with Crippen LogP contribution >= 0.6 is 0 Å². The van der Waals surface area contributed by atoms with Gasteiger partial charge in [-0.15, -0.1) is 0 Å². The van der Waals surface area contributed by atoms with Crippen LogP contribution in [0.15, 0.2) is 52.8 Å².